The number of hydrogen-bond acceptors (Lipinski definition) is 5. The van der Waals surface area contributed by atoms with Gasteiger partial charge in [-0.15, -0.1) is 11.3 Å². The zero-order valence-electron chi connectivity index (χ0n) is 14.4. The zero-order valence-corrected chi connectivity index (χ0v) is 16.0. The van der Waals surface area contributed by atoms with Gasteiger partial charge in [-0.25, -0.2) is 4.79 Å². The van der Waals surface area contributed by atoms with Gasteiger partial charge < -0.3 is 9.30 Å². The van der Waals surface area contributed by atoms with Gasteiger partial charge in [-0.1, -0.05) is 11.6 Å². The van der Waals surface area contributed by atoms with E-state index in [1.807, 2.05) is 26.0 Å². The number of Topliss-reactive ketones (excluding diaryl/α,β-unsaturated/α-hetero) is 1. The first-order chi connectivity index (χ1) is 12.4. The smallest absolute Gasteiger partial charge is 0.349 e. The molecular formula is C19H17ClN2O3S. The van der Waals surface area contributed by atoms with E-state index < -0.39 is 12.6 Å². The highest BCUT2D eigenvalue weighted by Gasteiger charge is 2.27. The molecule has 1 saturated carbocycles. The Morgan fingerprint density at radius 1 is 1.42 bits per heavy atom. The van der Waals surface area contributed by atoms with Crippen molar-refractivity contribution in [1.29, 1.82) is 5.26 Å². The van der Waals surface area contributed by atoms with Crippen molar-refractivity contribution >= 4 is 40.8 Å². The molecule has 134 valence electrons. The van der Waals surface area contributed by atoms with Crippen LogP contribution < -0.4 is 0 Å². The van der Waals surface area contributed by atoms with E-state index in [-0.39, 0.29) is 11.4 Å². The Bertz CT molecular complexity index is 945. The first kappa shape index (κ1) is 18.4. The van der Waals surface area contributed by atoms with E-state index in [9.17, 15) is 14.9 Å². The molecule has 2 heterocycles. The fraction of sp³-hybridized carbons (Fsp3) is 0.316. The number of ketones is 1. The molecule has 0 unspecified atom stereocenters. The second-order valence-electron chi connectivity index (χ2n) is 6.20. The van der Waals surface area contributed by atoms with Crippen LogP contribution in [-0.2, 0) is 9.53 Å². The summed E-state index contributed by atoms with van der Waals surface area (Å²) in [4.78, 5) is 24.6. The van der Waals surface area contributed by atoms with Crippen molar-refractivity contribution in [3.8, 4) is 6.07 Å². The summed E-state index contributed by atoms with van der Waals surface area (Å²) in [5.41, 5.74) is 2.82. The van der Waals surface area contributed by atoms with Gasteiger partial charge in [-0.05, 0) is 56.5 Å². The maximum atomic E-state index is 12.2. The number of nitrogens with zero attached hydrogens (tertiary/aromatic N) is 2. The minimum Gasteiger partial charge on any atom is -0.453 e. The molecular weight excluding hydrogens is 372 g/mol. The Balaban J connectivity index is 1.71. The molecule has 2 aromatic rings. The average molecular weight is 389 g/mol. The van der Waals surface area contributed by atoms with Crippen molar-refractivity contribution in [2.45, 2.75) is 32.7 Å². The molecule has 0 bridgehead atoms. The Hall–Kier alpha value is -2.36. The standard InChI is InChI=1S/C19H17ClN2O3S/c1-11-7-13(12(2)22(11)15-3-4-15)8-14(9-21)19(24)25-10-16(23)17-5-6-18(20)26-17/h5-8,15H,3-4,10H2,1-2H3/b14-8+. The van der Waals surface area contributed by atoms with Crippen LogP contribution in [-0.4, -0.2) is 22.9 Å². The third-order valence-corrected chi connectivity index (χ3v) is 5.53. The second kappa shape index (κ2) is 7.48. The van der Waals surface area contributed by atoms with Gasteiger partial charge >= 0.3 is 5.97 Å². The van der Waals surface area contributed by atoms with Crippen LogP contribution in [0.3, 0.4) is 0 Å². The summed E-state index contributed by atoms with van der Waals surface area (Å²) in [6, 6.07) is 7.53. The SMILES string of the molecule is Cc1cc(/C=C(\C#N)C(=O)OCC(=O)c2ccc(Cl)s2)c(C)n1C1CC1. The number of halogens is 1. The van der Waals surface area contributed by atoms with Gasteiger partial charge in [-0.3, -0.25) is 4.79 Å². The zero-order chi connectivity index (χ0) is 18.8. The Morgan fingerprint density at radius 3 is 2.73 bits per heavy atom. The van der Waals surface area contributed by atoms with E-state index in [1.165, 1.54) is 6.08 Å². The van der Waals surface area contributed by atoms with Crippen molar-refractivity contribution in [3.05, 3.63) is 49.9 Å². The lowest BCUT2D eigenvalue weighted by molar-refractivity contribution is -0.137. The van der Waals surface area contributed by atoms with Gasteiger partial charge in [0, 0.05) is 17.4 Å². The van der Waals surface area contributed by atoms with E-state index in [1.54, 1.807) is 12.1 Å². The average Bonchev–Trinajstić information content (AvgIpc) is 3.28. The highest BCUT2D eigenvalue weighted by Crippen LogP contribution is 2.38. The first-order valence-corrected chi connectivity index (χ1v) is 9.36. The Labute approximate surface area is 160 Å². The summed E-state index contributed by atoms with van der Waals surface area (Å²) in [6.45, 7) is 3.56. The van der Waals surface area contributed by atoms with Gasteiger partial charge in [0.05, 0.1) is 9.21 Å². The van der Waals surface area contributed by atoms with Crippen LogP contribution in [0.25, 0.3) is 6.08 Å². The van der Waals surface area contributed by atoms with Crippen LogP contribution in [0.5, 0.6) is 0 Å². The predicted octanol–water partition coefficient (Wildman–Crippen LogP) is 4.49. The molecule has 26 heavy (non-hydrogen) atoms. The molecule has 2 aromatic heterocycles. The van der Waals surface area contributed by atoms with Crippen LogP contribution in [0.1, 0.15) is 45.5 Å². The molecule has 1 aliphatic carbocycles. The number of hydrogen-bond donors (Lipinski definition) is 0. The lowest BCUT2D eigenvalue weighted by Gasteiger charge is -2.07. The Kier molecular flexibility index (Phi) is 5.30. The normalized spacial score (nSPS) is 14.2. The van der Waals surface area contributed by atoms with Gasteiger partial charge in [-0.2, -0.15) is 5.26 Å². The molecule has 7 heteroatoms. The molecule has 0 aliphatic heterocycles. The maximum Gasteiger partial charge on any atom is 0.349 e. The molecule has 0 aromatic carbocycles. The molecule has 0 radical (unpaired) electrons. The number of carbonyl (C=O) groups excluding carboxylic acids is 2. The minimum absolute atomic E-state index is 0.127. The number of aryl methyl sites for hydroxylation is 1. The highest BCUT2D eigenvalue weighted by molar-refractivity contribution is 7.18. The van der Waals surface area contributed by atoms with Crippen molar-refractivity contribution < 1.29 is 14.3 Å². The molecule has 0 N–H and O–H groups in total. The fourth-order valence-electron chi connectivity index (χ4n) is 2.88. The van der Waals surface area contributed by atoms with Crippen LogP contribution in [0, 0.1) is 25.2 Å². The predicted molar refractivity (Wildman–Crippen MR) is 100 cm³/mol. The lowest BCUT2D eigenvalue weighted by atomic mass is 10.1. The van der Waals surface area contributed by atoms with E-state index in [0.29, 0.717) is 15.3 Å². The van der Waals surface area contributed by atoms with Crippen LogP contribution in [0.4, 0.5) is 0 Å². The molecule has 0 atom stereocenters. The largest absolute Gasteiger partial charge is 0.453 e. The van der Waals surface area contributed by atoms with Crippen LogP contribution in [0.2, 0.25) is 4.34 Å². The third kappa shape index (κ3) is 3.90. The monoisotopic (exact) mass is 388 g/mol. The summed E-state index contributed by atoms with van der Waals surface area (Å²) in [5, 5.41) is 9.31. The molecule has 0 saturated heterocycles. The van der Waals surface area contributed by atoms with E-state index in [0.717, 1.165) is 41.1 Å². The number of aromatic nitrogens is 1. The molecule has 3 rings (SSSR count). The topological polar surface area (TPSA) is 72.1 Å². The molecule has 1 aliphatic rings. The number of thiophene rings is 1. The minimum atomic E-state index is -0.806. The number of esters is 1. The number of ether oxygens (including phenoxy) is 1. The third-order valence-electron chi connectivity index (χ3n) is 4.26. The lowest BCUT2D eigenvalue weighted by Crippen LogP contribution is -2.14. The van der Waals surface area contributed by atoms with Gasteiger partial charge in [0.1, 0.15) is 11.6 Å². The van der Waals surface area contributed by atoms with Crippen molar-refractivity contribution in [1.82, 2.24) is 4.57 Å². The van der Waals surface area contributed by atoms with Gasteiger partial charge in [0.15, 0.2) is 6.61 Å². The van der Waals surface area contributed by atoms with Crippen molar-refractivity contribution in [3.63, 3.8) is 0 Å². The second-order valence-corrected chi connectivity index (χ2v) is 7.92. The molecule has 0 amide bonds. The van der Waals surface area contributed by atoms with Gasteiger partial charge in [0.25, 0.3) is 0 Å². The van der Waals surface area contributed by atoms with E-state index in [4.69, 9.17) is 16.3 Å². The van der Waals surface area contributed by atoms with Crippen LogP contribution >= 0.6 is 22.9 Å². The number of rotatable bonds is 6. The molecule has 1 fully saturated rings. The number of carbonyl (C=O) groups is 2. The van der Waals surface area contributed by atoms with Crippen molar-refractivity contribution in [2.75, 3.05) is 6.61 Å². The van der Waals surface area contributed by atoms with Crippen LogP contribution in [0.15, 0.2) is 23.8 Å². The summed E-state index contributed by atoms with van der Waals surface area (Å²) >= 11 is 6.91. The molecule has 5 nitrogen and oxygen atoms in total. The highest BCUT2D eigenvalue weighted by atomic mass is 35.5. The summed E-state index contributed by atoms with van der Waals surface area (Å²) in [5.74, 6) is -1.15. The fourth-order valence-corrected chi connectivity index (χ4v) is 3.85. The van der Waals surface area contributed by atoms with E-state index in [2.05, 4.69) is 4.57 Å². The van der Waals surface area contributed by atoms with E-state index >= 15 is 0 Å². The quantitative estimate of drug-likeness (QED) is 0.316. The van der Waals surface area contributed by atoms with Crippen molar-refractivity contribution in [2.24, 2.45) is 0 Å². The first-order valence-electron chi connectivity index (χ1n) is 8.16. The van der Waals surface area contributed by atoms with Gasteiger partial charge in [0.2, 0.25) is 5.78 Å². The Morgan fingerprint density at radius 2 is 2.15 bits per heavy atom. The molecule has 0 spiro atoms. The maximum absolute atomic E-state index is 12.2. The summed E-state index contributed by atoms with van der Waals surface area (Å²) < 4.78 is 7.73. The summed E-state index contributed by atoms with van der Waals surface area (Å²) in [7, 11) is 0. The summed E-state index contributed by atoms with van der Waals surface area (Å²) in [6.07, 6.45) is 3.83. The number of nitriles is 1.